The van der Waals surface area contributed by atoms with Crippen LogP contribution >= 0.6 is 0 Å². The van der Waals surface area contributed by atoms with Crippen LogP contribution in [0.3, 0.4) is 0 Å². The molecular weight excluding hydrogens is 188 g/mol. The number of carbonyl (C=O) groups is 2. The van der Waals surface area contributed by atoms with E-state index in [1.807, 2.05) is 0 Å². The standard InChI is InChI=1S/C9H14O5/c1-6(2)5-9(12,13-7(3)10)14-8(4)11/h5,12H,1-4H3. The van der Waals surface area contributed by atoms with E-state index in [-0.39, 0.29) is 0 Å². The van der Waals surface area contributed by atoms with Gasteiger partial charge in [-0.1, -0.05) is 5.57 Å². The molecule has 0 atom stereocenters. The molecule has 1 N–H and O–H groups in total. The number of aliphatic hydroxyl groups is 1. The lowest BCUT2D eigenvalue weighted by molar-refractivity contribution is -0.294. The number of esters is 2. The van der Waals surface area contributed by atoms with Crippen LogP contribution in [-0.2, 0) is 19.1 Å². The molecule has 0 bridgehead atoms. The van der Waals surface area contributed by atoms with Gasteiger partial charge >= 0.3 is 17.9 Å². The first-order valence-electron chi connectivity index (χ1n) is 4.03. The molecule has 0 spiro atoms. The van der Waals surface area contributed by atoms with Crippen LogP contribution in [0.25, 0.3) is 0 Å². The molecule has 5 nitrogen and oxygen atoms in total. The lowest BCUT2D eigenvalue weighted by Gasteiger charge is -2.22. The van der Waals surface area contributed by atoms with E-state index in [4.69, 9.17) is 0 Å². The smallest absolute Gasteiger partial charge is 0.395 e. The zero-order valence-corrected chi connectivity index (χ0v) is 8.66. The van der Waals surface area contributed by atoms with Gasteiger partial charge in [0.1, 0.15) is 0 Å². The minimum Gasteiger partial charge on any atom is -0.395 e. The van der Waals surface area contributed by atoms with E-state index in [0.717, 1.165) is 19.9 Å². The molecule has 0 aromatic heterocycles. The maximum absolute atomic E-state index is 10.6. The molecule has 0 saturated heterocycles. The van der Waals surface area contributed by atoms with Crippen LogP contribution in [0.15, 0.2) is 11.6 Å². The van der Waals surface area contributed by atoms with Gasteiger partial charge in [0.25, 0.3) is 0 Å². The molecule has 0 saturated carbocycles. The largest absolute Gasteiger partial charge is 0.395 e. The Balaban J connectivity index is 4.75. The molecular formula is C9H14O5. The number of hydrogen-bond acceptors (Lipinski definition) is 5. The maximum Gasteiger partial charge on any atom is 0.395 e. The quantitative estimate of drug-likeness (QED) is 0.415. The van der Waals surface area contributed by atoms with Crippen molar-refractivity contribution in [3.05, 3.63) is 11.6 Å². The Morgan fingerprint density at radius 2 is 1.43 bits per heavy atom. The molecule has 0 heterocycles. The van der Waals surface area contributed by atoms with E-state index in [9.17, 15) is 14.7 Å². The molecule has 0 amide bonds. The van der Waals surface area contributed by atoms with Crippen LogP contribution in [0.2, 0.25) is 0 Å². The average molecular weight is 202 g/mol. The van der Waals surface area contributed by atoms with E-state index in [1.54, 1.807) is 13.8 Å². The highest BCUT2D eigenvalue weighted by Gasteiger charge is 2.31. The summed E-state index contributed by atoms with van der Waals surface area (Å²) in [7, 11) is 0. The van der Waals surface area contributed by atoms with Gasteiger partial charge in [-0.15, -0.1) is 0 Å². The fourth-order valence-corrected chi connectivity index (χ4v) is 0.856. The van der Waals surface area contributed by atoms with Gasteiger partial charge in [-0.05, 0) is 13.8 Å². The van der Waals surface area contributed by atoms with Crippen molar-refractivity contribution in [2.24, 2.45) is 0 Å². The van der Waals surface area contributed by atoms with E-state index >= 15 is 0 Å². The third-order valence-electron chi connectivity index (χ3n) is 1.05. The second-order valence-electron chi connectivity index (χ2n) is 3.04. The summed E-state index contributed by atoms with van der Waals surface area (Å²) in [5.74, 6) is -3.78. The first-order chi connectivity index (χ1) is 6.25. The van der Waals surface area contributed by atoms with Gasteiger partial charge in [-0.2, -0.15) is 0 Å². The average Bonchev–Trinajstić information content (AvgIpc) is 1.76. The van der Waals surface area contributed by atoms with Gasteiger partial charge in [0.15, 0.2) is 0 Å². The van der Waals surface area contributed by atoms with E-state index in [1.165, 1.54) is 0 Å². The van der Waals surface area contributed by atoms with Crippen LogP contribution < -0.4 is 0 Å². The molecule has 0 aromatic carbocycles. The molecule has 5 heteroatoms. The van der Waals surface area contributed by atoms with Gasteiger partial charge in [0.2, 0.25) is 0 Å². The molecule has 0 aliphatic heterocycles. The lowest BCUT2D eigenvalue weighted by atomic mass is 10.3. The lowest BCUT2D eigenvalue weighted by Crippen LogP contribution is -2.37. The Bertz CT molecular complexity index is 246. The predicted octanol–water partition coefficient (Wildman–Crippen LogP) is 0.725. The van der Waals surface area contributed by atoms with Crippen molar-refractivity contribution in [1.82, 2.24) is 0 Å². The molecule has 0 rings (SSSR count). The topological polar surface area (TPSA) is 72.8 Å². The van der Waals surface area contributed by atoms with Gasteiger partial charge in [0.05, 0.1) is 0 Å². The maximum atomic E-state index is 10.6. The predicted molar refractivity (Wildman–Crippen MR) is 47.9 cm³/mol. The van der Waals surface area contributed by atoms with Crippen molar-refractivity contribution in [2.45, 2.75) is 33.7 Å². The minimum atomic E-state index is -2.30. The van der Waals surface area contributed by atoms with E-state index in [2.05, 4.69) is 9.47 Å². The second kappa shape index (κ2) is 4.76. The van der Waals surface area contributed by atoms with Crippen LogP contribution in [-0.4, -0.2) is 23.0 Å². The van der Waals surface area contributed by atoms with Crippen molar-refractivity contribution in [2.75, 3.05) is 0 Å². The molecule has 14 heavy (non-hydrogen) atoms. The molecule has 0 aromatic rings. The summed E-state index contributed by atoms with van der Waals surface area (Å²) < 4.78 is 8.91. The molecule has 80 valence electrons. The van der Waals surface area contributed by atoms with Gasteiger partial charge in [0, 0.05) is 19.9 Å². The second-order valence-corrected chi connectivity index (χ2v) is 3.04. The van der Waals surface area contributed by atoms with Crippen LogP contribution in [0.4, 0.5) is 0 Å². The summed E-state index contributed by atoms with van der Waals surface area (Å²) in [5.41, 5.74) is 0.648. The first kappa shape index (κ1) is 12.6. The van der Waals surface area contributed by atoms with Crippen LogP contribution in [0, 0.1) is 0 Å². The summed E-state index contributed by atoms with van der Waals surface area (Å²) >= 11 is 0. The number of ether oxygens (including phenoxy) is 2. The summed E-state index contributed by atoms with van der Waals surface area (Å²) in [4.78, 5) is 21.2. The molecule has 0 aliphatic rings. The fraction of sp³-hybridized carbons (Fsp3) is 0.556. The van der Waals surface area contributed by atoms with E-state index < -0.39 is 17.9 Å². The Hall–Kier alpha value is -1.36. The van der Waals surface area contributed by atoms with Crippen LogP contribution in [0.1, 0.15) is 27.7 Å². The zero-order chi connectivity index (χ0) is 11.4. The molecule has 0 unspecified atom stereocenters. The Labute approximate surface area is 82.3 Å². The zero-order valence-electron chi connectivity index (χ0n) is 8.66. The highest BCUT2D eigenvalue weighted by molar-refractivity contribution is 5.68. The molecule has 0 fully saturated rings. The van der Waals surface area contributed by atoms with Gasteiger partial charge < -0.3 is 14.6 Å². The van der Waals surface area contributed by atoms with Crippen molar-refractivity contribution in [1.29, 1.82) is 0 Å². The van der Waals surface area contributed by atoms with Gasteiger partial charge in [-0.25, -0.2) is 0 Å². The summed E-state index contributed by atoms with van der Waals surface area (Å²) in [6.07, 6.45) is 1.13. The fourth-order valence-electron chi connectivity index (χ4n) is 0.856. The number of rotatable bonds is 3. The summed E-state index contributed by atoms with van der Waals surface area (Å²) in [6, 6.07) is 0. The molecule has 0 radical (unpaired) electrons. The Morgan fingerprint density at radius 1 is 1.07 bits per heavy atom. The van der Waals surface area contributed by atoms with Crippen molar-refractivity contribution in [3.8, 4) is 0 Å². The third kappa shape index (κ3) is 5.31. The van der Waals surface area contributed by atoms with Crippen molar-refractivity contribution >= 4 is 11.9 Å². The minimum absolute atomic E-state index is 0.648. The first-order valence-corrected chi connectivity index (χ1v) is 4.03. The monoisotopic (exact) mass is 202 g/mol. The highest BCUT2D eigenvalue weighted by atomic mass is 16.8. The number of hydrogen-bond donors (Lipinski definition) is 1. The number of allylic oxidation sites excluding steroid dienone is 1. The van der Waals surface area contributed by atoms with Gasteiger partial charge in [-0.3, -0.25) is 9.59 Å². The normalized spacial score (nSPS) is 10.4. The number of carbonyl (C=O) groups excluding carboxylic acids is 2. The Kier molecular flexibility index (Phi) is 4.30. The van der Waals surface area contributed by atoms with E-state index in [0.29, 0.717) is 5.57 Å². The highest BCUT2D eigenvalue weighted by Crippen LogP contribution is 2.14. The Morgan fingerprint density at radius 3 is 1.64 bits per heavy atom. The van der Waals surface area contributed by atoms with Crippen LogP contribution in [0.5, 0.6) is 0 Å². The molecule has 0 aliphatic carbocycles. The summed E-state index contributed by atoms with van der Waals surface area (Å²) in [6.45, 7) is 5.54. The third-order valence-corrected chi connectivity index (χ3v) is 1.05. The van der Waals surface area contributed by atoms with Crippen molar-refractivity contribution in [3.63, 3.8) is 0 Å². The SMILES string of the molecule is CC(=O)OC(O)(C=C(C)C)OC(C)=O. The van der Waals surface area contributed by atoms with Crippen molar-refractivity contribution < 1.29 is 24.2 Å². The summed E-state index contributed by atoms with van der Waals surface area (Å²) in [5, 5.41) is 9.56.